The van der Waals surface area contributed by atoms with E-state index in [1.54, 1.807) is 24.5 Å². The van der Waals surface area contributed by atoms with Gasteiger partial charge in [-0.05, 0) is 39.2 Å². The van der Waals surface area contributed by atoms with E-state index in [1.807, 2.05) is 13.0 Å². The van der Waals surface area contributed by atoms with Crippen molar-refractivity contribution >= 4 is 22.3 Å². The Labute approximate surface area is 140 Å². The van der Waals surface area contributed by atoms with Crippen LogP contribution in [0.2, 0.25) is 0 Å². The second kappa shape index (κ2) is 6.70. The minimum Gasteiger partial charge on any atom is -0.359 e. The van der Waals surface area contributed by atoms with Gasteiger partial charge >= 0.3 is 0 Å². The third-order valence-corrected chi connectivity index (χ3v) is 5.42. The standard InChI is InChI=1S/C16H23N5OS/c1-11-12(2)23-16(18-11)17-10-13-6-4-5-9-21(13)14-7-8-15(22)20(3)19-14/h7-8,13H,4-6,9-10H2,1-3H3,(H,17,18). The lowest BCUT2D eigenvalue weighted by atomic mass is 10.0. The number of aromatic nitrogens is 3. The van der Waals surface area contributed by atoms with Crippen molar-refractivity contribution in [1.82, 2.24) is 14.8 Å². The van der Waals surface area contributed by atoms with Crippen LogP contribution in [0.4, 0.5) is 10.9 Å². The van der Waals surface area contributed by atoms with Gasteiger partial charge in [-0.2, -0.15) is 5.10 Å². The van der Waals surface area contributed by atoms with E-state index in [2.05, 4.69) is 27.2 Å². The molecule has 1 unspecified atom stereocenters. The van der Waals surface area contributed by atoms with Crippen LogP contribution in [0.25, 0.3) is 0 Å². The van der Waals surface area contributed by atoms with E-state index in [0.29, 0.717) is 6.04 Å². The highest BCUT2D eigenvalue weighted by Gasteiger charge is 2.24. The quantitative estimate of drug-likeness (QED) is 0.930. The largest absolute Gasteiger partial charge is 0.359 e. The van der Waals surface area contributed by atoms with Crippen molar-refractivity contribution in [3.05, 3.63) is 33.1 Å². The summed E-state index contributed by atoms with van der Waals surface area (Å²) < 4.78 is 1.40. The van der Waals surface area contributed by atoms with Gasteiger partial charge in [0.05, 0.1) is 5.69 Å². The van der Waals surface area contributed by atoms with Crippen LogP contribution in [0.5, 0.6) is 0 Å². The first-order valence-corrected chi connectivity index (χ1v) is 8.85. The molecule has 6 nitrogen and oxygen atoms in total. The molecule has 1 fully saturated rings. The van der Waals surface area contributed by atoms with Crippen LogP contribution in [0.15, 0.2) is 16.9 Å². The van der Waals surface area contributed by atoms with Crippen LogP contribution in [0, 0.1) is 13.8 Å². The minimum absolute atomic E-state index is 0.0748. The van der Waals surface area contributed by atoms with Crippen LogP contribution < -0.4 is 15.8 Å². The highest BCUT2D eigenvalue weighted by atomic mass is 32.1. The Kier molecular flexibility index (Phi) is 4.66. The van der Waals surface area contributed by atoms with Crippen LogP contribution in [-0.4, -0.2) is 33.9 Å². The van der Waals surface area contributed by atoms with Crippen molar-refractivity contribution in [2.24, 2.45) is 7.05 Å². The highest BCUT2D eigenvalue weighted by Crippen LogP contribution is 2.25. The first-order chi connectivity index (χ1) is 11.0. The van der Waals surface area contributed by atoms with E-state index in [9.17, 15) is 4.79 Å². The molecule has 7 heteroatoms. The summed E-state index contributed by atoms with van der Waals surface area (Å²) in [6, 6.07) is 3.80. The predicted molar refractivity (Wildman–Crippen MR) is 94.5 cm³/mol. The van der Waals surface area contributed by atoms with Gasteiger partial charge in [0.1, 0.15) is 5.82 Å². The van der Waals surface area contributed by atoms with E-state index in [-0.39, 0.29) is 5.56 Å². The lowest BCUT2D eigenvalue weighted by molar-refractivity contribution is 0.464. The van der Waals surface area contributed by atoms with Gasteiger partial charge in [-0.3, -0.25) is 4.79 Å². The molecular formula is C16H23N5OS. The van der Waals surface area contributed by atoms with Crippen molar-refractivity contribution in [3.8, 4) is 0 Å². The lowest BCUT2D eigenvalue weighted by Crippen LogP contribution is -2.44. The Balaban J connectivity index is 1.73. The average molecular weight is 333 g/mol. The van der Waals surface area contributed by atoms with Gasteiger partial charge in [0, 0.05) is 37.1 Å². The van der Waals surface area contributed by atoms with Gasteiger partial charge in [0.25, 0.3) is 5.56 Å². The molecule has 0 radical (unpaired) electrons. The van der Waals surface area contributed by atoms with Crippen LogP contribution in [-0.2, 0) is 7.05 Å². The summed E-state index contributed by atoms with van der Waals surface area (Å²) in [4.78, 5) is 19.7. The lowest BCUT2D eigenvalue weighted by Gasteiger charge is -2.36. The van der Waals surface area contributed by atoms with E-state index in [1.165, 1.54) is 16.0 Å². The van der Waals surface area contributed by atoms with Gasteiger partial charge in [-0.1, -0.05) is 0 Å². The van der Waals surface area contributed by atoms with Crippen LogP contribution >= 0.6 is 11.3 Å². The minimum atomic E-state index is -0.0748. The molecule has 0 bridgehead atoms. The summed E-state index contributed by atoms with van der Waals surface area (Å²) in [5, 5.41) is 8.87. The number of aryl methyl sites for hydroxylation is 3. The third-order valence-electron chi connectivity index (χ3n) is 4.39. The van der Waals surface area contributed by atoms with Gasteiger partial charge in [-0.25, -0.2) is 9.67 Å². The number of anilines is 2. The molecule has 2 aromatic heterocycles. The smallest absolute Gasteiger partial charge is 0.266 e. The summed E-state index contributed by atoms with van der Waals surface area (Å²) in [6.45, 7) is 5.96. The first kappa shape index (κ1) is 16.0. The molecule has 3 heterocycles. The van der Waals surface area contributed by atoms with Gasteiger partial charge in [-0.15, -0.1) is 11.3 Å². The predicted octanol–water partition coefficient (Wildman–Crippen LogP) is 2.32. The Morgan fingerprint density at radius 3 is 2.87 bits per heavy atom. The number of hydrogen-bond acceptors (Lipinski definition) is 6. The third kappa shape index (κ3) is 3.55. The topological polar surface area (TPSA) is 63.1 Å². The highest BCUT2D eigenvalue weighted by molar-refractivity contribution is 7.15. The van der Waals surface area contributed by atoms with Gasteiger partial charge < -0.3 is 10.2 Å². The summed E-state index contributed by atoms with van der Waals surface area (Å²) in [6.07, 6.45) is 3.52. The van der Waals surface area contributed by atoms with Gasteiger partial charge in [0.2, 0.25) is 0 Å². The molecule has 1 aliphatic rings. The molecule has 0 saturated carbocycles. The van der Waals surface area contributed by atoms with Gasteiger partial charge in [0.15, 0.2) is 5.13 Å². The van der Waals surface area contributed by atoms with E-state index in [0.717, 1.165) is 42.6 Å². The van der Waals surface area contributed by atoms with E-state index >= 15 is 0 Å². The second-order valence-electron chi connectivity index (χ2n) is 6.04. The van der Waals surface area contributed by atoms with Crippen molar-refractivity contribution in [1.29, 1.82) is 0 Å². The fourth-order valence-electron chi connectivity index (χ4n) is 2.91. The zero-order valence-corrected chi connectivity index (χ0v) is 14.7. The zero-order chi connectivity index (χ0) is 16.4. The van der Waals surface area contributed by atoms with Crippen LogP contribution in [0.1, 0.15) is 29.8 Å². The van der Waals surface area contributed by atoms with Crippen molar-refractivity contribution in [2.75, 3.05) is 23.3 Å². The summed E-state index contributed by atoms with van der Waals surface area (Å²) in [5.41, 5.74) is 1.02. The molecule has 2 aromatic rings. The maximum atomic E-state index is 11.5. The Morgan fingerprint density at radius 2 is 2.17 bits per heavy atom. The monoisotopic (exact) mass is 333 g/mol. The molecule has 1 aliphatic heterocycles. The molecule has 0 spiro atoms. The molecule has 1 saturated heterocycles. The number of nitrogens with zero attached hydrogens (tertiary/aromatic N) is 4. The number of rotatable bonds is 4. The maximum Gasteiger partial charge on any atom is 0.266 e. The molecular weight excluding hydrogens is 310 g/mol. The zero-order valence-electron chi connectivity index (χ0n) is 13.9. The maximum absolute atomic E-state index is 11.5. The Hall–Kier alpha value is -1.89. The van der Waals surface area contributed by atoms with E-state index in [4.69, 9.17) is 0 Å². The number of hydrogen-bond donors (Lipinski definition) is 1. The molecule has 23 heavy (non-hydrogen) atoms. The number of piperidine rings is 1. The fraction of sp³-hybridized carbons (Fsp3) is 0.562. The summed E-state index contributed by atoms with van der Waals surface area (Å²) in [7, 11) is 1.70. The summed E-state index contributed by atoms with van der Waals surface area (Å²) in [5.74, 6) is 0.880. The first-order valence-electron chi connectivity index (χ1n) is 8.03. The molecule has 3 rings (SSSR count). The molecule has 0 amide bonds. The molecule has 124 valence electrons. The Bertz CT molecular complexity index is 719. The number of nitrogens with one attached hydrogen (secondary N) is 1. The molecule has 1 atom stereocenters. The van der Waals surface area contributed by atoms with E-state index < -0.39 is 0 Å². The normalized spacial score (nSPS) is 18.2. The van der Waals surface area contributed by atoms with Crippen LogP contribution in [0.3, 0.4) is 0 Å². The molecule has 0 aliphatic carbocycles. The Morgan fingerprint density at radius 1 is 1.35 bits per heavy atom. The van der Waals surface area contributed by atoms with Crippen molar-refractivity contribution in [2.45, 2.75) is 39.2 Å². The molecule has 1 N–H and O–H groups in total. The summed E-state index contributed by atoms with van der Waals surface area (Å²) >= 11 is 1.70. The fourth-order valence-corrected chi connectivity index (χ4v) is 3.73. The number of thiazole rings is 1. The second-order valence-corrected chi connectivity index (χ2v) is 7.24. The molecule has 0 aromatic carbocycles. The van der Waals surface area contributed by atoms with Crippen molar-refractivity contribution in [3.63, 3.8) is 0 Å². The van der Waals surface area contributed by atoms with Crippen molar-refractivity contribution < 1.29 is 0 Å². The average Bonchev–Trinajstić information content (AvgIpc) is 2.87. The SMILES string of the molecule is Cc1nc(NCC2CCCCN2c2ccc(=O)n(C)n2)sc1C.